The first-order chi connectivity index (χ1) is 7.97. The predicted octanol–water partition coefficient (Wildman–Crippen LogP) is 1.96. The van der Waals surface area contributed by atoms with Gasteiger partial charge in [0.2, 0.25) is 0 Å². The number of aliphatic hydroxyl groups is 1. The summed E-state index contributed by atoms with van der Waals surface area (Å²) in [4.78, 5) is 0. The van der Waals surface area contributed by atoms with E-state index >= 15 is 0 Å². The van der Waals surface area contributed by atoms with Crippen LogP contribution < -0.4 is 0 Å². The van der Waals surface area contributed by atoms with Crippen LogP contribution in [0, 0.1) is 0 Å². The average Bonchev–Trinajstić information content (AvgIpc) is 2.18. The summed E-state index contributed by atoms with van der Waals surface area (Å²) in [6, 6.07) is 0. The molecule has 0 aliphatic carbocycles. The highest BCUT2D eigenvalue weighted by Gasteiger charge is 2.44. The Kier molecular flexibility index (Phi) is 14.2. The maximum absolute atomic E-state index is 8.06. The Balaban J connectivity index is 0. The van der Waals surface area contributed by atoms with Gasteiger partial charge in [0.25, 0.3) is 0 Å². The molecule has 0 saturated carbocycles. The van der Waals surface area contributed by atoms with Gasteiger partial charge in [0.05, 0.1) is 0 Å². The van der Waals surface area contributed by atoms with Gasteiger partial charge in [-0.1, -0.05) is 0 Å². The standard InChI is InChI=1S/C8H20O4Si.C3H8O/c1-5-9-13(10-6-2,11-7-3)12-8-4;1-3(2)4/h5-8H2,1-4H3;3-4H,1-2H3. The molecule has 1 N–H and O–H groups in total. The molecule has 0 amide bonds. The van der Waals surface area contributed by atoms with E-state index in [0.29, 0.717) is 26.4 Å². The van der Waals surface area contributed by atoms with E-state index < -0.39 is 9.05 Å². The van der Waals surface area contributed by atoms with Crippen molar-refractivity contribution in [3.05, 3.63) is 0 Å². The van der Waals surface area contributed by atoms with Gasteiger partial charge < -0.3 is 22.8 Å². The van der Waals surface area contributed by atoms with Crippen LogP contribution in [0.15, 0.2) is 0 Å². The van der Waals surface area contributed by atoms with Crippen molar-refractivity contribution < 1.29 is 22.8 Å². The summed E-state index contributed by atoms with van der Waals surface area (Å²) in [5.41, 5.74) is 0. The fourth-order valence-electron chi connectivity index (χ4n) is 0.957. The Hall–Kier alpha value is 0.0169. The minimum Gasteiger partial charge on any atom is -0.394 e. The lowest BCUT2D eigenvalue weighted by Crippen LogP contribution is -2.49. The van der Waals surface area contributed by atoms with Crippen molar-refractivity contribution in [2.45, 2.75) is 47.6 Å². The van der Waals surface area contributed by atoms with E-state index in [0.717, 1.165) is 0 Å². The Morgan fingerprint density at radius 2 is 0.941 bits per heavy atom. The average molecular weight is 268 g/mol. The smallest absolute Gasteiger partial charge is 0.394 e. The third kappa shape index (κ3) is 12.3. The quantitative estimate of drug-likeness (QED) is 0.682. The molecular weight excluding hydrogens is 240 g/mol. The third-order valence-electron chi connectivity index (χ3n) is 1.28. The maximum atomic E-state index is 8.06. The highest BCUT2D eigenvalue weighted by atomic mass is 28.4. The number of hydrogen-bond acceptors (Lipinski definition) is 5. The fraction of sp³-hybridized carbons (Fsp3) is 1.00. The minimum absolute atomic E-state index is 0.167. The van der Waals surface area contributed by atoms with Crippen molar-refractivity contribution in [3.63, 3.8) is 0 Å². The van der Waals surface area contributed by atoms with Crippen molar-refractivity contribution in [1.29, 1.82) is 0 Å². The number of rotatable bonds is 8. The van der Waals surface area contributed by atoms with Crippen LogP contribution in [0.3, 0.4) is 0 Å². The van der Waals surface area contributed by atoms with Gasteiger partial charge in [-0.15, -0.1) is 0 Å². The second kappa shape index (κ2) is 12.5. The maximum Gasteiger partial charge on any atom is 0.679 e. The van der Waals surface area contributed by atoms with Gasteiger partial charge in [-0.25, -0.2) is 0 Å². The SMILES string of the molecule is CC(C)O.CCO[Si](OCC)(OCC)OCC. The van der Waals surface area contributed by atoms with Crippen molar-refractivity contribution in [2.24, 2.45) is 0 Å². The Morgan fingerprint density at radius 1 is 0.765 bits per heavy atom. The summed E-state index contributed by atoms with van der Waals surface area (Å²) in [7, 11) is -2.80. The van der Waals surface area contributed by atoms with E-state index in [1.165, 1.54) is 0 Å². The summed E-state index contributed by atoms with van der Waals surface area (Å²) in [5, 5.41) is 8.06. The molecule has 0 atom stereocenters. The fourth-order valence-corrected chi connectivity index (χ4v) is 2.87. The Bertz CT molecular complexity index is 123. The Labute approximate surface area is 107 Å². The molecule has 5 nitrogen and oxygen atoms in total. The molecule has 6 heteroatoms. The monoisotopic (exact) mass is 268 g/mol. The van der Waals surface area contributed by atoms with Crippen molar-refractivity contribution in [3.8, 4) is 0 Å². The van der Waals surface area contributed by atoms with E-state index in [4.69, 9.17) is 22.8 Å². The van der Waals surface area contributed by atoms with Gasteiger partial charge in [-0.3, -0.25) is 0 Å². The van der Waals surface area contributed by atoms with Gasteiger partial charge >= 0.3 is 9.05 Å². The molecule has 0 unspecified atom stereocenters. The van der Waals surface area contributed by atoms with Gasteiger partial charge in [-0.05, 0) is 41.5 Å². The van der Waals surface area contributed by atoms with Crippen LogP contribution in [0.5, 0.6) is 0 Å². The summed E-state index contributed by atoms with van der Waals surface area (Å²) >= 11 is 0. The van der Waals surface area contributed by atoms with E-state index in [-0.39, 0.29) is 6.10 Å². The molecule has 0 saturated heterocycles. The summed E-state index contributed by atoms with van der Waals surface area (Å²) in [6.07, 6.45) is -0.167. The zero-order valence-electron chi connectivity index (χ0n) is 12.0. The molecule has 0 rings (SSSR count). The van der Waals surface area contributed by atoms with E-state index in [1.54, 1.807) is 13.8 Å². The van der Waals surface area contributed by atoms with E-state index in [2.05, 4.69) is 0 Å². The molecule has 0 aliphatic heterocycles. The molecule has 0 aromatic rings. The lowest BCUT2D eigenvalue weighted by Gasteiger charge is -2.26. The van der Waals surface area contributed by atoms with Crippen LogP contribution in [0.2, 0.25) is 0 Å². The molecule has 0 spiro atoms. The first kappa shape index (κ1) is 19.4. The van der Waals surface area contributed by atoms with Gasteiger partial charge in [0, 0.05) is 32.5 Å². The van der Waals surface area contributed by atoms with Crippen molar-refractivity contribution >= 4 is 9.05 Å². The summed E-state index contributed by atoms with van der Waals surface area (Å²) in [5.74, 6) is 0. The zero-order valence-corrected chi connectivity index (χ0v) is 13.0. The van der Waals surface area contributed by atoms with E-state index in [9.17, 15) is 0 Å². The number of aliphatic hydroxyl groups excluding tert-OH is 1. The molecule has 0 heterocycles. The largest absolute Gasteiger partial charge is 0.679 e. The third-order valence-corrected chi connectivity index (χ3v) is 3.85. The van der Waals surface area contributed by atoms with Crippen molar-refractivity contribution in [1.82, 2.24) is 0 Å². The summed E-state index contributed by atoms with van der Waals surface area (Å²) in [6.45, 7) is 13.2. The second-order valence-corrected chi connectivity index (χ2v) is 5.48. The van der Waals surface area contributed by atoms with Gasteiger partial charge in [0.1, 0.15) is 0 Å². The zero-order chi connectivity index (χ0) is 13.7. The van der Waals surface area contributed by atoms with Crippen LogP contribution in [0.4, 0.5) is 0 Å². The predicted molar refractivity (Wildman–Crippen MR) is 69.6 cm³/mol. The van der Waals surface area contributed by atoms with Crippen LogP contribution in [0.1, 0.15) is 41.5 Å². The second-order valence-electron chi connectivity index (χ2n) is 3.33. The minimum atomic E-state index is -2.80. The molecule has 0 fully saturated rings. The lowest BCUT2D eigenvalue weighted by atomic mass is 10.5. The molecule has 106 valence electrons. The van der Waals surface area contributed by atoms with E-state index in [1.807, 2.05) is 27.7 Å². The molecule has 17 heavy (non-hydrogen) atoms. The van der Waals surface area contributed by atoms with Crippen LogP contribution >= 0.6 is 0 Å². The first-order valence-corrected chi connectivity index (χ1v) is 7.85. The molecular formula is C11H28O5Si. The number of hydrogen-bond donors (Lipinski definition) is 1. The van der Waals surface area contributed by atoms with Crippen LogP contribution in [-0.4, -0.2) is 46.7 Å². The first-order valence-electron chi connectivity index (χ1n) is 6.21. The van der Waals surface area contributed by atoms with Gasteiger partial charge in [-0.2, -0.15) is 0 Å². The topological polar surface area (TPSA) is 57.2 Å². The summed E-state index contributed by atoms with van der Waals surface area (Å²) < 4.78 is 21.7. The normalized spacial score (nSPS) is 11.3. The molecule has 0 aromatic carbocycles. The van der Waals surface area contributed by atoms with Crippen LogP contribution in [0.25, 0.3) is 0 Å². The molecule has 0 bridgehead atoms. The Morgan fingerprint density at radius 3 is 1.06 bits per heavy atom. The van der Waals surface area contributed by atoms with Crippen LogP contribution in [-0.2, 0) is 17.7 Å². The lowest BCUT2D eigenvalue weighted by molar-refractivity contribution is -0.0247. The highest BCUT2D eigenvalue weighted by Crippen LogP contribution is 2.11. The molecule has 0 radical (unpaired) electrons. The molecule has 0 aromatic heterocycles. The molecule has 0 aliphatic rings. The van der Waals surface area contributed by atoms with Crippen molar-refractivity contribution in [2.75, 3.05) is 26.4 Å². The van der Waals surface area contributed by atoms with Gasteiger partial charge in [0.15, 0.2) is 0 Å². The highest BCUT2D eigenvalue weighted by molar-refractivity contribution is 6.53.